The summed E-state index contributed by atoms with van der Waals surface area (Å²) >= 11 is 2.12. The Morgan fingerprint density at radius 3 is 2.47 bits per heavy atom. The Bertz CT molecular complexity index is 264. The van der Waals surface area contributed by atoms with E-state index in [9.17, 15) is 4.79 Å². The molecule has 15 heavy (non-hydrogen) atoms. The predicted octanol–water partition coefficient (Wildman–Crippen LogP) is 3.76. The fourth-order valence-corrected chi connectivity index (χ4v) is 2.11. The van der Waals surface area contributed by atoms with E-state index in [-0.39, 0.29) is 5.97 Å². The fraction of sp³-hybridized carbons (Fsp3) is 0.545. The number of carbonyl (C=O) groups excluding carboxylic acids is 1. The van der Waals surface area contributed by atoms with Gasteiger partial charge in [-0.1, -0.05) is 48.3 Å². The smallest absolute Gasteiger partial charge is 0.330 e. The highest BCUT2D eigenvalue weighted by atomic mass is 127. The second kappa shape index (κ2) is 7.22. The highest BCUT2D eigenvalue weighted by molar-refractivity contribution is 14.1. The molecule has 0 aliphatic rings. The minimum Gasteiger partial charge on any atom is -0.463 e. The summed E-state index contributed by atoms with van der Waals surface area (Å²) in [6, 6.07) is 1.02. The maximum atomic E-state index is 11.3. The van der Waals surface area contributed by atoms with E-state index in [4.69, 9.17) is 4.74 Å². The van der Waals surface area contributed by atoms with Crippen molar-refractivity contribution in [1.29, 1.82) is 0 Å². The summed E-state index contributed by atoms with van der Waals surface area (Å²) in [5.41, 5.74) is 0.919. The van der Waals surface area contributed by atoms with Gasteiger partial charge in [0.05, 0.1) is 6.61 Å². The summed E-state index contributed by atoms with van der Waals surface area (Å²) < 4.78 is 6.99. The average Bonchev–Trinajstić information content (AvgIpc) is 2.01. The highest BCUT2D eigenvalue weighted by Gasteiger charge is 2.13. The van der Waals surface area contributed by atoms with Crippen LogP contribution in [0.2, 0.25) is 25.7 Å². The highest BCUT2D eigenvalue weighted by Crippen LogP contribution is 2.08. The van der Waals surface area contributed by atoms with Crippen molar-refractivity contribution in [2.24, 2.45) is 0 Å². The lowest BCUT2D eigenvalue weighted by atomic mass is 10.3. The SMILES string of the molecule is CC(/C=C/I)=C\C(=O)OCC[Si](C)(C)C. The van der Waals surface area contributed by atoms with Gasteiger partial charge < -0.3 is 4.74 Å². The van der Waals surface area contributed by atoms with Crippen molar-refractivity contribution in [2.45, 2.75) is 32.6 Å². The lowest BCUT2D eigenvalue weighted by Gasteiger charge is -2.14. The van der Waals surface area contributed by atoms with Crippen molar-refractivity contribution in [1.82, 2.24) is 0 Å². The molecule has 0 aromatic carbocycles. The molecule has 0 aromatic heterocycles. The van der Waals surface area contributed by atoms with Gasteiger partial charge in [-0.05, 0) is 22.6 Å². The first-order chi connectivity index (χ1) is 6.85. The van der Waals surface area contributed by atoms with E-state index >= 15 is 0 Å². The molecule has 0 aliphatic heterocycles. The minimum absolute atomic E-state index is 0.236. The zero-order valence-corrected chi connectivity index (χ0v) is 13.0. The Hall–Kier alpha value is -0.103. The van der Waals surface area contributed by atoms with Crippen LogP contribution in [0.3, 0.4) is 0 Å². The molecule has 0 N–H and O–H groups in total. The molecule has 0 heterocycles. The number of esters is 1. The zero-order valence-electron chi connectivity index (χ0n) is 9.84. The standard InChI is InChI=1S/C11H19IO2Si/c1-10(5-6-12)9-11(13)14-7-8-15(2,3)4/h5-6,9H,7-8H2,1-4H3/b6-5+,10-9+. The molecule has 0 saturated carbocycles. The summed E-state index contributed by atoms with van der Waals surface area (Å²) in [6.45, 7) is 9.23. The van der Waals surface area contributed by atoms with Gasteiger partial charge in [-0.25, -0.2) is 4.79 Å². The Balaban J connectivity index is 3.91. The van der Waals surface area contributed by atoms with E-state index in [0.29, 0.717) is 6.61 Å². The first kappa shape index (κ1) is 14.9. The number of halogens is 1. The van der Waals surface area contributed by atoms with Crippen molar-refractivity contribution < 1.29 is 9.53 Å². The van der Waals surface area contributed by atoms with Gasteiger partial charge in [0.15, 0.2) is 0 Å². The number of rotatable bonds is 5. The Kier molecular flexibility index (Phi) is 7.17. The quantitative estimate of drug-likeness (QED) is 0.251. The molecular weight excluding hydrogens is 319 g/mol. The van der Waals surface area contributed by atoms with Crippen LogP contribution in [0.4, 0.5) is 0 Å². The summed E-state index contributed by atoms with van der Waals surface area (Å²) in [5, 5.41) is 0. The van der Waals surface area contributed by atoms with Crippen LogP contribution in [0.1, 0.15) is 6.92 Å². The Labute approximate surface area is 107 Å². The van der Waals surface area contributed by atoms with E-state index in [1.165, 1.54) is 6.08 Å². The van der Waals surface area contributed by atoms with Crippen LogP contribution in [0.25, 0.3) is 0 Å². The van der Waals surface area contributed by atoms with E-state index in [2.05, 4.69) is 42.2 Å². The molecule has 86 valence electrons. The largest absolute Gasteiger partial charge is 0.463 e. The maximum absolute atomic E-state index is 11.3. The van der Waals surface area contributed by atoms with Crippen molar-refractivity contribution in [3.63, 3.8) is 0 Å². The van der Waals surface area contributed by atoms with Crippen LogP contribution < -0.4 is 0 Å². The summed E-state index contributed by atoms with van der Waals surface area (Å²) in [4.78, 5) is 11.3. The molecule has 0 atom stereocenters. The summed E-state index contributed by atoms with van der Waals surface area (Å²) in [5.74, 6) is -0.236. The molecule has 0 aromatic rings. The van der Waals surface area contributed by atoms with E-state index in [0.717, 1.165) is 11.6 Å². The van der Waals surface area contributed by atoms with E-state index < -0.39 is 8.07 Å². The average molecular weight is 338 g/mol. The van der Waals surface area contributed by atoms with Gasteiger partial charge in [0.1, 0.15) is 0 Å². The zero-order chi connectivity index (χ0) is 11.9. The molecule has 0 rings (SSSR count). The monoisotopic (exact) mass is 338 g/mol. The number of ether oxygens (including phenoxy) is 1. The Morgan fingerprint density at radius 2 is 2.00 bits per heavy atom. The first-order valence-electron chi connectivity index (χ1n) is 4.97. The van der Waals surface area contributed by atoms with E-state index in [1.54, 1.807) is 0 Å². The van der Waals surface area contributed by atoms with Crippen molar-refractivity contribution in [3.05, 3.63) is 21.8 Å². The van der Waals surface area contributed by atoms with Crippen LogP contribution >= 0.6 is 22.6 Å². The molecule has 0 unspecified atom stereocenters. The molecule has 0 fully saturated rings. The van der Waals surface area contributed by atoms with Gasteiger partial charge in [-0.15, -0.1) is 0 Å². The molecule has 4 heteroatoms. The van der Waals surface area contributed by atoms with Crippen molar-refractivity contribution >= 4 is 36.6 Å². The lowest BCUT2D eigenvalue weighted by molar-refractivity contribution is -0.137. The topological polar surface area (TPSA) is 26.3 Å². The number of carbonyl (C=O) groups is 1. The summed E-state index contributed by atoms with van der Waals surface area (Å²) in [6.07, 6.45) is 3.40. The third-order valence-electron chi connectivity index (χ3n) is 1.77. The second-order valence-electron chi connectivity index (χ2n) is 4.66. The number of hydrogen-bond acceptors (Lipinski definition) is 2. The molecule has 0 amide bonds. The molecule has 0 aliphatic carbocycles. The third kappa shape index (κ3) is 10.2. The predicted molar refractivity (Wildman–Crippen MR) is 76.0 cm³/mol. The summed E-state index contributed by atoms with van der Waals surface area (Å²) in [7, 11) is -1.09. The van der Waals surface area contributed by atoms with Crippen LogP contribution in [-0.4, -0.2) is 20.7 Å². The van der Waals surface area contributed by atoms with Gasteiger partial charge >= 0.3 is 5.97 Å². The molecule has 0 spiro atoms. The molecular formula is C11H19IO2Si. The first-order valence-corrected chi connectivity index (χ1v) is 9.92. The second-order valence-corrected chi connectivity index (χ2v) is 11.0. The van der Waals surface area contributed by atoms with Crippen LogP contribution in [0, 0.1) is 0 Å². The third-order valence-corrected chi connectivity index (χ3v) is 3.83. The van der Waals surface area contributed by atoms with Gasteiger partial charge in [-0.3, -0.25) is 0 Å². The van der Waals surface area contributed by atoms with Crippen molar-refractivity contribution in [2.75, 3.05) is 6.61 Å². The fourth-order valence-electron chi connectivity index (χ4n) is 0.833. The van der Waals surface area contributed by atoms with E-state index in [1.807, 2.05) is 17.1 Å². The van der Waals surface area contributed by atoms with Gasteiger partial charge in [-0.2, -0.15) is 0 Å². The lowest BCUT2D eigenvalue weighted by Crippen LogP contribution is -2.22. The van der Waals surface area contributed by atoms with Crippen molar-refractivity contribution in [3.8, 4) is 0 Å². The normalized spacial score (nSPS) is 13.3. The number of hydrogen-bond donors (Lipinski definition) is 0. The van der Waals surface area contributed by atoms with Gasteiger partial charge in [0.25, 0.3) is 0 Å². The van der Waals surface area contributed by atoms with Gasteiger partial charge in [0, 0.05) is 14.1 Å². The van der Waals surface area contributed by atoms with Gasteiger partial charge in [0.2, 0.25) is 0 Å². The number of allylic oxidation sites excluding steroid dienone is 2. The molecule has 0 saturated heterocycles. The maximum Gasteiger partial charge on any atom is 0.330 e. The molecule has 2 nitrogen and oxygen atoms in total. The Morgan fingerprint density at radius 1 is 1.40 bits per heavy atom. The van der Waals surface area contributed by atoms with Crippen LogP contribution in [0.5, 0.6) is 0 Å². The minimum atomic E-state index is -1.09. The van der Waals surface area contributed by atoms with Crippen LogP contribution in [0.15, 0.2) is 21.8 Å². The van der Waals surface area contributed by atoms with Crippen LogP contribution in [-0.2, 0) is 9.53 Å². The molecule has 0 bridgehead atoms. The molecule has 0 radical (unpaired) electrons.